The number of benzene rings is 2. The number of sulfonamides is 1. The first kappa shape index (κ1) is 22.1. The quantitative estimate of drug-likeness (QED) is 0.694. The molecule has 0 aromatic heterocycles. The predicted octanol–water partition coefficient (Wildman–Crippen LogP) is 2.04. The number of amides is 3. The Bertz CT molecular complexity index is 1190. The summed E-state index contributed by atoms with van der Waals surface area (Å²) in [7, 11) is -3.56. The molecule has 1 N–H and O–H groups in total. The smallest absolute Gasteiger partial charge is 0.319 e. The van der Waals surface area contributed by atoms with Gasteiger partial charge in [0, 0.05) is 26.2 Å². The van der Waals surface area contributed by atoms with Gasteiger partial charge in [-0.25, -0.2) is 18.1 Å². The van der Waals surface area contributed by atoms with Crippen molar-refractivity contribution in [3.05, 3.63) is 65.2 Å². The molecule has 33 heavy (non-hydrogen) atoms. The number of carbonyl (C=O) groups is 2. The minimum atomic E-state index is -3.56. The lowest BCUT2D eigenvalue weighted by Crippen LogP contribution is -2.53. The molecule has 2 aliphatic heterocycles. The molecule has 1 spiro atoms. The zero-order chi connectivity index (χ0) is 23.2. The summed E-state index contributed by atoms with van der Waals surface area (Å²) in [4.78, 5) is 29.8. The number of piperazine rings is 1. The number of nitrogens with one attached hydrogen (secondary N) is 1. The molecule has 8 nitrogen and oxygen atoms in total. The van der Waals surface area contributed by atoms with E-state index in [9.17, 15) is 18.0 Å². The highest BCUT2D eigenvalue weighted by Gasteiger charge is 2.54. The number of imide groups is 1. The average molecular weight is 469 g/mol. The fourth-order valence-electron chi connectivity index (χ4n) is 5.11. The summed E-state index contributed by atoms with van der Waals surface area (Å²) >= 11 is 0. The van der Waals surface area contributed by atoms with Crippen LogP contribution in [0.3, 0.4) is 0 Å². The second-order valence-electron chi connectivity index (χ2n) is 9.06. The van der Waals surface area contributed by atoms with Gasteiger partial charge in [-0.15, -0.1) is 0 Å². The Morgan fingerprint density at radius 1 is 0.970 bits per heavy atom. The van der Waals surface area contributed by atoms with Crippen LogP contribution in [0.4, 0.5) is 4.79 Å². The van der Waals surface area contributed by atoms with Crippen LogP contribution in [0, 0.1) is 6.92 Å². The van der Waals surface area contributed by atoms with Gasteiger partial charge >= 0.3 is 6.03 Å². The number of rotatable bonds is 4. The van der Waals surface area contributed by atoms with Crippen molar-refractivity contribution in [1.82, 2.24) is 19.4 Å². The Morgan fingerprint density at radius 3 is 2.39 bits per heavy atom. The van der Waals surface area contributed by atoms with E-state index in [4.69, 9.17) is 0 Å². The SMILES string of the molecule is Cc1ccc(S(=O)(=O)N2CCN(CN3C(=O)N[C@]4(CCCc5ccccc54)C3=O)CC2)cc1. The predicted molar refractivity (Wildman–Crippen MR) is 123 cm³/mol. The second kappa shape index (κ2) is 8.23. The minimum Gasteiger partial charge on any atom is -0.319 e. The van der Waals surface area contributed by atoms with Gasteiger partial charge in [0.25, 0.3) is 5.91 Å². The molecule has 2 heterocycles. The maximum Gasteiger partial charge on any atom is 0.326 e. The van der Waals surface area contributed by atoms with Crippen molar-refractivity contribution < 1.29 is 18.0 Å². The summed E-state index contributed by atoms with van der Waals surface area (Å²) in [6.07, 6.45) is 2.33. The molecule has 174 valence electrons. The molecular formula is C24H28N4O4S. The highest BCUT2D eigenvalue weighted by molar-refractivity contribution is 7.89. The Hall–Kier alpha value is -2.75. The minimum absolute atomic E-state index is 0.160. The van der Waals surface area contributed by atoms with Crippen LogP contribution in [0.2, 0.25) is 0 Å². The second-order valence-corrected chi connectivity index (χ2v) is 11.0. The lowest BCUT2D eigenvalue weighted by Gasteiger charge is -2.36. The molecule has 2 aromatic carbocycles. The molecule has 2 aromatic rings. The normalized spacial score (nSPS) is 24.2. The standard InChI is InChI=1S/C24H28N4O4S/c1-18-8-10-20(11-9-18)33(31,32)27-15-13-26(14-16-27)17-28-22(29)24(25-23(28)30)12-4-6-19-5-2-3-7-21(19)24/h2-3,5,7-11H,4,6,12-17H2,1H3,(H,25,30)/t24-/m0/s1. The molecule has 0 unspecified atom stereocenters. The molecule has 0 radical (unpaired) electrons. The molecule has 0 saturated carbocycles. The van der Waals surface area contributed by atoms with Gasteiger partial charge in [0.05, 0.1) is 11.6 Å². The molecule has 1 aliphatic carbocycles. The summed E-state index contributed by atoms with van der Waals surface area (Å²) in [6, 6.07) is 14.3. The van der Waals surface area contributed by atoms with Crippen molar-refractivity contribution in [2.45, 2.75) is 36.6 Å². The van der Waals surface area contributed by atoms with Crippen molar-refractivity contribution in [3.8, 4) is 0 Å². The molecular weight excluding hydrogens is 440 g/mol. The zero-order valence-electron chi connectivity index (χ0n) is 18.7. The third kappa shape index (κ3) is 3.74. The fourth-order valence-corrected chi connectivity index (χ4v) is 6.53. The van der Waals surface area contributed by atoms with Crippen molar-refractivity contribution in [1.29, 1.82) is 0 Å². The Balaban J connectivity index is 1.27. The monoisotopic (exact) mass is 468 g/mol. The molecule has 0 bridgehead atoms. The van der Waals surface area contributed by atoms with Gasteiger partial charge in [0.15, 0.2) is 0 Å². The van der Waals surface area contributed by atoms with Gasteiger partial charge in [-0.3, -0.25) is 9.69 Å². The maximum atomic E-state index is 13.5. The van der Waals surface area contributed by atoms with Gasteiger partial charge in [-0.1, -0.05) is 42.0 Å². The first-order chi connectivity index (χ1) is 15.8. The highest BCUT2D eigenvalue weighted by Crippen LogP contribution is 2.40. The van der Waals surface area contributed by atoms with E-state index < -0.39 is 15.6 Å². The van der Waals surface area contributed by atoms with Crippen LogP contribution >= 0.6 is 0 Å². The van der Waals surface area contributed by atoms with E-state index in [2.05, 4.69) is 5.32 Å². The van der Waals surface area contributed by atoms with E-state index in [1.54, 1.807) is 24.3 Å². The Kier molecular flexibility index (Phi) is 5.50. The van der Waals surface area contributed by atoms with E-state index in [0.717, 1.165) is 29.5 Å². The van der Waals surface area contributed by atoms with Crippen molar-refractivity contribution >= 4 is 22.0 Å². The van der Waals surface area contributed by atoms with Gasteiger partial charge in [0.1, 0.15) is 5.54 Å². The highest BCUT2D eigenvalue weighted by atomic mass is 32.2. The molecule has 1 atom stereocenters. The van der Waals surface area contributed by atoms with E-state index in [1.165, 1.54) is 9.21 Å². The van der Waals surface area contributed by atoms with Gasteiger partial charge in [-0.2, -0.15) is 4.31 Å². The maximum absolute atomic E-state index is 13.5. The van der Waals surface area contributed by atoms with Gasteiger partial charge in [-0.05, 0) is 49.4 Å². The van der Waals surface area contributed by atoms with E-state index >= 15 is 0 Å². The topological polar surface area (TPSA) is 90.0 Å². The van der Waals surface area contributed by atoms with Crippen LogP contribution in [0.1, 0.15) is 29.5 Å². The van der Waals surface area contributed by atoms with Crippen molar-refractivity contribution in [3.63, 3.8) is 0 Å². The van der Waals surface area contributed by atoms with Crippen LogP contribution in [0.15, 0.2) is 53.4 Å². The first-order valence-corrected chi connectivity index (χ1v) is 12.8. The number of urea groups is 1. The Morgan fingerprint density at radius 2 is 1.67 bits per heavy atom. The third-order valence-corrected chi connectivity index (χ3v) is 8.90. The van der Waals surface area contributed by atoms with E-state index in [0.29, 0.717) is 32.6 Å². The summed E-state index contributed by atoms with van der Waals surface area (Å²) < 4.78 is 27.4. The lowest BCUT2D eigenvalue weighted by atomic mass is 9.76. The lowest BCUT2D eigenvalue weighted by molar-refractivity contribution is -0.133. The number of aryl methyl sites for hydroxylation is 2. The molecule has 3 aliphatic rings. The molecule has 5 rings (SSSR count). The Labute approximate surface area is 194 Å². The zero-order valence-corrected chi connectivity index (χ0v) is 19.5. The number of nitrogens with zero attached hydrogens (tertiary/aromatic N) is 3. The summed E-state index contributed by atoms with van der Waals surface area (Å²) in [5, 5.41) is 2.98. The fraction of sp³-hybridized carbons (Fsp3) is 0.417. The number of fused-ring (bicyclic) bond motifs is 2. The largest absolute Gasteiger partial charge is 0.326 e. The summed E-state index contributed by atoms with van der Waals surface area (Å²) in [6.45, 7) is 3.60. The van der Waals surface area contributed by atoms with Crippen LogP contribution in [0.5, 0.6) is 0 Å². The van der Waals surface area contributed by atoms with Gasteiger partial charge < -0.3 is 5.32 Å². The van der Waals surface area contributed by atoms with E-state index in [1.807, 2.05) is 36.1 Å². The third-order valence-electron chi connectivity index (χ3n) is 6.98. The van der Waals surface area contributed by atoms with Crippen LogP contribution in [-0.2, 0) is 26.8 Å². The molecule has 2 saturated heterocycles. The number of hydrogen-bond donors (Lipinski definition) is 1. The number of hydrogen-bond acceptors (Lipinski definition) is 5. The molecule has 9 heteroatoms. The number of carbonyl (C=O) groups excluding carboxylic acids is 2. The average Bonchev–Trinajstić information content (AvgIpc) is 3.05. The van der Waals surface area contributed by atoms with Crippen LogP contribution in [-0.4, -0.2) is 67.3 Å². The summed E-state index contributed by atoms with van der Waals surface area (Å²) in [5.74, 6) is -0.214. The van der Waals surface area contributed by atoms with E-state index in [-0.39, 0.29) is 23.5 Å². The first-order valence-electron chi connectivity index (χ1n) is 11.3. The van der Waals surface area contributed by atoms with Gasteiger partial charge in [0.2, 0.25) is 10.0 Å². The summed E-state index contributed by atoms with van der Waals surface area (Å²) in [5.41, 5.74) is 2.02. The van der Waals surface area contributed by atoms with Crippen molar-refractivity contribution in [2.75, 3.05) is 32.8 Å². The van der Waals surface area contributed by atoms with Crippen LogP contribution in [0.25, 0.3) is 0 Å². The molecule has 3 amide bonds. The van der Waals surface area contributed by atoms with Crippen LogP contribution < -0.4 is 5.32 Å². The molecule has 2 fully saturated rings. The van der Waals surface area contributed by atoms with Crippen molar-refractivity contribution in [2.24, 2.45) is 0 Å².